The van der Waals surface area contributed by atoms with Crippen LogP contribution in [0.3, 0.4) is 0 Å². The molecule has 1 unspecified atom stereocenters. The van der Waals surface area contributed by atoms with Gasteiger partial charge in [-0.1, -0.05) is 24.3 Å². The smallest absolute Gasteiger partial charge is 0.295 e. The molecule has 0 aliphatic rings. The molecule has 28 nitrogen and oxygen atoms in total. The van der Waals surface area contributed by atoms with E-state index in [1.54, 1.807) is 0 Å². The highest BCUT2D eigenvalue weighted by atomic mass is 32.2. The van der Waals surface area contributed by atoms with E-state index in [2.05, 4.69) is 51.2 Å². The molecular weight excluding hydrogens is 949 g/mol. The second-order valence-corrected chi connectivity index (χ2v) is 19.4. The molecule has 0 fully saturated rings. The number of hydrogen-bond acceptors (Lipinski definition) is 24. The zero-order chi connectivity index (χ0) is 48.2. The summed E-state index contributed by atoms with van der Waals surface area (Å²) in [5.41, 5.74) is -0.341. The van der Waals surface area contributed by atoms with Gasteiger partial charge in [0.05, 0.1) is 44.0 Å². The maximum atomic E-state index is 12.6. The summed E-state index contributed by atoms with van der Waals surface area (Å²) < 4.78 is 139. The van der Waals surface area contributed by atoms with Gasteiger partial charge >= 0.3 is 0 Å². The van der Waals surface area contributed by atoms with E-state index in [-0.39, 0.29) is 104 Å². The van der Waals surface area contributed by atoms with Crippen molar-refractivity contribution in [1.82, 2.24) is 29.9 Å². The SMILES string of the molecule is CN(CCS(=O)(=O)O)c1nc(Nc2ccc(C=Cc3ccc(Nc4nc(NCCOCCO)nc(NCCS(=O)(=O)O)n4)cc3S(=O)(=O)O)c(S(=O)(=O)O)c2)nc(N(C)CC(O)CO)n1. The number of rotatable bonds is 26. The van der Waals surface area contributed by atoms with Crippen LogP contribution in [-0.4, -0.2) is 181 Å². The number of aliphatic hydroxyl groups excluding tert-OH is 3. The molecule has 4 aromatic rings. The number of nitrogens with zero attached hydrogens (tertiary/aromatic N) is 8. The van der Waals surface area contributed by atoms with Crippen molar-refractivity contribution in [3.63, 3.8) is 0 Å². The van der Waals surface area contributed by atoms with Gasteiger partial charge in [-0.3, -0.25) is 18.2 Å². The van der Waals surface area contributed by atoms with Gasteiger partial charge in [0.1, 0.15) is 9.79 Å². The summed E-state index contributed by atoms with van der Waals surface area (Å²) in [5.74, 6) is -2.25. The lowest BCUT2D eigenvalue weighted by atomic mass is 10.1. The Labute approximate surface area is 372 Å². The monoisotopic (exact) mass is 994 g/mol. The maximum Gasteiger partial charge on any atom is 0.295 e. The Kier molecular flexibility index (Phi) is 18.1. The van der Waals surface area contributed by atoms with E-state index in [1.807, 2.05) is 0 Å². The molecule has 11 N–H and O–H groups in total. The molecular formula is C33H46N12O16S4. The van der Waals surface area contributed by atoms with Crippen LogP contribution in [-0.2, 0) is 45.2 Å². The third-order valence-electron chi connectivity index (χ3n) is 8.26. The van der Waals surface area contributed by atoms with Crippen LogP contribution in [0.5, 0.6) is 0 Å². The van der Waals surface area contributed by atoms with Crippen molar-refractivity contribution >= 4 is 99.7 Å². The number of benzene rings is 2. The van der Waals surface area contributed by atoms with Gasteiger partial charge in [-0.05, 0) is 35.4 Å². The van der Waals surface area contributed by atoms with E-state index in [0.29, 0.717) is 0 Å². The van der Waals surface area contributed by atoms with Gasteiger partial charge in [-0.2, -0.15) is 63.6 Å². The quantitative estimate of drug-likeness (QED) is 0.0205. The van der Waals surface area contributed by atoms with Gasteiger partial charge in [-0.15, -0.1) is 0 Å². The Morgan fingerprint density at radius 1 is 0.631 bits per heavy atom. The highest BCUT2D eigenvalue weighted by Gasteiger charge is 2.21. The number of anilines is 8. The van der Waals surface area contributed by atoms with Crippen LogP contribution >= 0.6 is 0 Å². The van der Waals surface area contributed by atoms with Gasteiger partial charge in [0.15, 0.2) is 0 Å². The molecule has 32 heteroatoms. The summed E-state index contributed by atoms with van der Waals surface area (Å²) in [5, 5.41) is 39.1. The largest absolute Gasteiger partial charge is 0.394 e. The minimum atomic E-state index is -5.00. The second kappa shape index (κ2) is 22.6. The van der Waals surface area contributed by atoms with E-state index in [1.165, 1.54) is 48.2 Å². The first kappa shape index (κ1) is 52.1. The number of hydrogen-bond donors (Lipinski definition) is 11. The maximum absolute atomic E-state index is 12.6. The molecule has 0 saturated heterocycles. The van der Waals surface area contributed by atoms with Crippen molar-refractivity contribution in [2.24, 2.45) is 0 Å². The number of likely N-dealkylation sites (N-methyl/N-ethyl adjacent to an activating group) is 1. The van der Waals surface area contributed by atoms with E-state index >= 15 is 0 Å². The molecule has 0 saturated carbocycles. The van der Waals surface area contributed by atoms with Crippen LogP contribution in [0.2, 0.25) is 0 Å². The molecule has 0 spiro atoms. The number of nitrogens with one attached hydrogen (secondary N) is 4. The first-order valence-corrected chi connectivity index (χ1v) is 24.7. The lowest BCUT2D eigenvalue weighted by Gasteiger charge is -2.23. The number of aromatic nitrogens is 6. The van der Waals surface area contributed by atoms with Gasteiger partial charge in [-0.25, -0.2) is 0 Å². The van der Waals surface area contributed by atoms with Crippen molar-refractivity contribution in [1.29, 1.82) is 0 Å². The highest BCUT2D eigenvalue weighted by Crippen LogP contribution is 2.29. The fourth-order valence-electron chi connectivity index (χ4n) is 5.23. The standard InChI is InChI=1S/C33H46N12O16S4/c1-44(11-16-63(52,53)54)32-41-31(42-33(43-32)45(2)19-25(48)20-47)37-24-8-6-22(27(18-24)65(58,59)60)4-3-21-5-7-23(17-26(21)64(55,56)57)36-30-39-28(34-9-13-61-14-12-46)38-29(40-30)35-10-15-62(49,50)51/h3-8,17-18,25,46-48H,9-16,19-20H2,1-2H3,(H,49,50,51)(H,52,53,54)(H,55,56,57)(H,58,59,60)(H,37,41,42,43)(H3,34,35,36,38,39,40). The van der Waals surface area contributed by atoms with E-state index in [0.717, 1.165) is 24.3 Å². The Bertz CT molecular complexity index is 2770. The van der Waals surface area contributed by atoms with Crippen LogP contribution in [0.1, 0.15) is 11.1 Å². The van der Waals surface area contributed by atoms with Crippen LogP contribution in [0, 0.1) is 0 Å². The molecule has 2 heterocycles. The summed E-state index contributed by atoms with van der Waals surface area (Å²) in [7, 11) is -15.8. The zero-order valence-corrected chi connectivity index (χ0v) is 37.5. The fraction of sp³-hybridized carbons (Fsp3) is 0.394. The van der Waals surface area contributed by atoms with Crippen molar-refractivity contribution < 1.29 is 71.9 Å². The van der Waals surface area contributed by atoms with Gasteiger partial charge in [0.2, 0.25) is 35.7 Å². The summed E-state index contributed by atoms with van der Waals surface area (Å²) in [4.78, 5) is 26.4. The Hall–Kier alpha value is -5.52. The Balaban J connectivity index is 1.66. The first-order chi connectivity index (χ1) is 30.3. The molecule has 2 aromatic heterocycles. The van der Waals surface area contributed by atoms with Crippen LogP contribution in [0.15, 0.2) is 46.2 Å². The molecule has 0 aliphatic heterocycles. The van der Waals surface area contributed by atoms with E-state index in [4.69, 9.17) is 14.4 Å². The Morgan fingerprint density at radius 3 is 1.58 bits per heavy atom. The van der Waals surface area contributed by atoms with Crippen molar-refractivity contribution in [2.75, 3.05) is 109 Å². The molecule has 0 amide bonds. The summed E-state index contributed by atoms with van der Waals surface area (Å²) >= 11 is 0. The molecule has 0 aliphatic carbocycles. The van der Waals surface area contributed by atoms with E-state index < -0.39 is 74.5 Å². The summed E-state index contributed by atoms with van der Waals surface area (Å²) in [6.07, 6.45) is 1.05. The third kappa shape index (κ3) is 17.4. The fourth-order valence-corrected chi connectivity index (χ4v) is 7.51. The summed E-state index contributed by atoms with van der Waals surface area (Å²) in [6, 6.07) is 7.12. The molecule has 4 rings (SSSR count). The predicted molar refractivity (Wildman–Crippen MR) is 235 cm³/mol. The van der Waals surface area contributed by atoms with Crippen LogP contribution < -0.4 is 31.1 Å². The van der Waals surface area contributed by atoms with Crippen molar-refractivity contribution in [2.45, 2.75) is 15.9 Å². The molecule has 358 valence electrons. The lowest BCUT2D eigenvalue weighted by Crippen LogP contribution is -2.33. The van der Waals surface area contributed by atoms with Gasteiger partial charge in [0.25, 0.3) is 40.5 Å². The van der Waals surface area contributed by atoms with Crippen LogP contribution in [0.25, 0.3) is 12.2 Å². The summed E-state index contributed by atoms with van der Waals surface area (Å²) in [6.45, 7) is -1.21. The molecule has 65 heavy (non-hydrogen) atoms. The first-order valence-electron chi connectivity index (χ1n) is 18.6. The average molecular weight is 995 g/mol. The second-order valence-electron chi connectivity index (χ2n) is 13.5. The Morgan fingerprint density at radius 2 is 1.11 bits per heavy atom. The van der Waals surface area contributed by atoms with E-state index in [9.17, 15) is 57.5 Å². The topological polar surface area (TPSA) is 419 Å². The van der Waals surface area contributed by atoms with Gasteiger partial charge in [0, 0.05) is 51.6 Å². The highest BCUT2D eigenvalue weighted by molar-refractivity contribution is 7.86. The third-order valence-corrected chi connectivity index (χ3v) is 11.5. The molecule has 2 aromatic carbocycles. The zero-order valence-electron chi connectivity index (χ0n) is 34.3. The van der Waals surface area contributed by atoms with Crippen molar-refractivity contribution in [3.05, 3.63) is 47.5 Å². The molecule has 0 bridgehead atoms. The number of aliphatic hydroxyl groups is 3. The van der Waals surface area contributed by atoms with Crippen LogP contribution in [0.4, 0.5) is 47.1 Å². The minimum Gasteiger partial charge on any atom is -0.394 e. The molecule has 1 atom stereocenters. The molecule has 0 radical (unpaired) electrons. The average Bonchev–Trinajstić information content (AvgIpc) is 3.20. The minimum absolute atomic E-state index is 0.00109. The van der Waals surface area contributed by atoms with Gasteiger partial charge < -0.3 is 51.1 Å². The lowest BCUT2D eigenvalue weighted by molar-refractivity contribution is 0.0991. The van der Waals surface area contributed by atoms with Crippen molar-refractivity contribution in [3.8, 4) is 0 Å². The number of ether oxygens (including phenoxy) is 1. The predicted octanol–water partition coefficient (Wildman–Crippen LogP) is -0.958. The normalized spacial score (nSPS) is 12.8.